The Balaban J connectivity index is 1.63. The highest BCUT2D eigenvalue weighted by atomic mass is 16.2. The summed E-state index contributed by atoms with van der Waals surface area (Å²) in [6, 6.07) is 7.96. The Kier molecular flexibility index (Phi) is 7.06. The minimum atomic E-state index is -0.235. The molecule has 1 aromatic rings. The minimum Gasteiger partial charge on any atom is -0.343 e. The number of nitrogens with zero attached hydrogens (tertiary/aromatic N) is 2. The van der Waals surface area contributed by atoms with E-state index in [-0.39, 0.29) is 11.9 Å². The van der Waals surface area contributed by atoms with Crippen LogP contribution in [0.1, 0.15) is 30.4 Å². The number of carbonyl (C=O) groups is 2. The van der Waals surface area contributed by atoms with Crippen LogP contribution in [0.4, 0.5) is 4.79 Å². The van der Waals surface area contributed by atoms with E-state index in [2.05, 4.69) is 27.7 Å². The molecule has 6 heteroatoms. The van der Waals surface area contributed by atoms with Crippen molar-refractivity contribution >= 4 is 11.9 Å². The lowest BCUT2D eigenvalue weighted by molar-refractivity contribution is -0.129. The minimum absolute atomic E-state index is 0.129. The second-order valence-corrected chi connectivity index (χ2v) is 6.50. The van der Waals surface area contributed by atoms with Gasteiger partial charge in [0.15, 0.2) is 0 Å². The van der Waals surface area contributed by atoms with Gasteiger partial charge in [0.05, 0.1) is 0 Å². The van der Waals surface area contributed by atoms with Crippen molar-refractivity contribution in [1.29, 1.82) is 0 Å². The highest BCUT2D eigenvalue weighted by molar-refractivity contribution is 5.78. The Labute approximate surface area is 144 Å². The molecule has 1 fully saturated rings. The van der Waals surface area contributed by atoms with Crippen LogP contribution in [-0.2, 0) is 17.9 Å². The molecule has 0 unspecified atom stereocenters. The molecular weight excluding hydrogens is 304 g/mol. The molecule has 1 saturated heterocycles. The maximum Gasteiger partial charge on any atom is 0.315 e. The Morgan fingerprint density at radius 2 is 1.67 bits per heavy atom. The van der Waals surface area contributed by atoms with E-state index in [4.69, 9.17) is 0 Å². The van der Waals surface area contributed by atoms with E-state index in [0.29, 0.717) is 19.5 Å². The van der Waals surface area contributed by atoms with Gasteiger partial charge in [0, 0.05) is 39.1 Å². The van der Waals surface area contributed by atoms with E-state index in [9.17, 15) is 9.59 Å². The number of carbonyl (C=O) groups excluding carboxylic acids is 2. The molecular formula is C18H28N4O2. The predicted molar refractivity (Wildman–Crippen MR) is 94.5 cm³/mol. The van der Waals surface area contributed by atoms with E-state index in [1.54, 1.807) is 0 Å². The Bertz CT molecular complexity index is 536. The molecule has 1 aliphatic rings. The lowest BCUT2D eigenvalue weighted by Crippen LogP contribution is -2.38. The van der Waals surface area contributed by atoms with Gasteiger partial charge in [-0.1, -0.05) is 24.3 Å². The summed E-state index contributed by atoms with van der Waals surface area (Å²) in [7, 11) is 4.07. The summed E-state index contributed by atoms with van der Waals surface area (Å²) in [5.41, 5.74) is 2.30. The van der Waals surface area contributed by atoms with Gasteiger partial charge in [-0.05, 0) is 38.1 Å². The third-order valence-electron chi connectivity index (χ3n) is 4.06. The third kappa shape index (κ3) is 6.20. The van der Waals surface area contributed by atoms with Gasteiger partial charge >= 0.3 is 6.03 Å². The lowest BCUT2D eigenvalue weighted by Gasteiger charge is -2.15. The van der Waals surface area contributed by atoms with Crippen LogP contribution >= 0.6 is 0 Å². The van der Waals surface area contributed by atoms with Crippen LogP contribution in [0.5, 0.6) is 0 Å². The number of amides is 3. The maximum atomic E-state index is 11.9. The zero-order valence-electron chi connectivity index (χ0n) is 14.7. The van der Waals surface area contributed by atoms with Gasteiger partial charge < -0.3 is 20.4 Å². The average Bonchev–Trinajstić information content (AvgIpc) is 3.08. The molecule has 2 N–H and O–H groups in total. The number of rotatable bonds is 7. The summed E-state index contributed by atoms with van der Waals surface area (Å²) in [6.45, 7) is 3.47. The molecule has 132 valence electrons. The lowest BCUT2D eigenvalue weighted by atomic mass is 10.1. The molecule has 0 saturated carbocycles. The summed E-state index contributed by atoms with van der Waals surface area (Å²) in [5.74, 6) is 0.129. The molecule has 1 heterocycles. The van der Waals surface area contributed by atoms with Gasteiger partial charge in [-0.3, -0.25) is 4.79 Å². The second kappa shape index (κ2) is 9.27. The zero-order valence-corrected chi connectivity index (χ0v) is 14.7. The highest BCUT2D eigenvalue weighted by Gasteiger charge is 2.17. The van der Waals surface area contributed by atoms with Crippen LogP contribution in [0.25, 0.3) is 0 Å². The molecule has 1 aromatic carbocycles. The number of benzene rings is 1. The summed E-state index contributed by atoms with van der Waals surface area (Å²) < 4.78 is 0. The van der Waals surface area contributed by atoms with E-state index in [1.165, 1.54) is 5.56 Å². The van der Waals surface area contributed by atoms with E-state index >= 15 is 0 Å². The molecule has 6 nitrogen and oxygen atoms in total. The van der Waals surface area contributed by atoms with Crippen LogP contribution in [-0.4, -0.2) is 55.5 Å². The Morgan fingerprint density at radius 3 is 2.29 bits per heavy atom. The van der Waals surface area contributed by atoms with E-state index < -0.39 is 0 Å². The van der Waals surface area contributed by atoms with Crippen molar-refractivity contribution in [3.05, 3.63) is 35.4 Å². The van der Waals surface area contributed by atoms with Gasteiger partial charge in [-0.2, -0.15) is 0 Å². The van der Waals surface area contributed by atoms with Crippen LogP contribution in [0.15, 0.2) is 24.3 Å². The van der Waals surface area contributed by atoms with Crippen LogP contribution in [0.2, 0.25) is 0 Å². The molecule has 0 spiro atoms. The van der Waals surface area contributed by atoms with Gasteiger partial charge in [0.2, 0.25) is 5.91 Å². The molecule has 0 bridgehead atoms. The van der Waals surface area contributed by atoms with Crippen molar-refractivity contribution in [3.8, 4) is 0 Å². The largest absolute Gasteiger partial charge is 0.343 e. The molecule has 0 aromatic heterocycles. The van der Waals surface area contributed by atoms with Gasteiger partial charge in [-0.25, -0.2) is 4.79 Å². The Morgan fingerprint density at radius 1 is 1.04 bits per heavy atom. The molecule has 0 aliphatic carbocycles. The SMILES string of the molecule is CN(C)Cc1ccc(CNC(=O)NCCC(=O)N2CCCC2)cc1. The fraction of sp³-hybridized carbons (Fsp3) is 0.556. The molecule has 0 radical (unpaired) electrons. The summed E-state index contributed by atoms with van der Waals surface area (Å²) in [4.78, 5) is 27.6. The highest BCUT2D eigenvalue weighted by Crippen LogP contribution is 2.08. The summed E-state index contributed by atoms with van der Waals surface area (Å²) in [5, 5.41) is 5.56. The smallest absolute Gasteiger partial charge is 0.315 e. The number of hydrogen-bond acceptors (Lipinski definition) is 3. The third-order valence-corrected chi connectivity index (χ3v) is 4.06. The van der Waals surface area contributed by atoms with Gasteiger partial charge in [-0.15, -0.1) is 0 Å². The summed E-state index contributed by atoms with van der Waals surface area (Å²) in [6.07, 6.45) is 2.55. The van der Waals surface area contributed by atoms with E-state index in [1.807, 2.05) is 31.1 Å². The molecule has 0 atom stereocenters. The fourth-order valence-electron chi connectivity index (χ4n) is 2.78. The van der Waals surface area contributed by atoms with Crippen molar-refractivity contribution in [2.45, 2.75) is 32.4 Å². The first-order valence-electron chi connectivity index (χ1n) is 8.56. The van der Waals surface area contributed by atoms with Crippen LogP contribution in [0, 0.1) is 0 Å². The second-order valence-electron chi connectivity index (χ2n) is 6.50. The quantitative estimate of drug-likeness (QED) is 0.796. The fourth-order valence-corrected chi connectivity index (χ4v) is 2.78. The molecule has 3 amide bonds. The van der Waals surface area contributed by atoms with Crippen molar-refractivity contribution in [2.75, 3.05) is 33.7 Å². The summed E-state index contributed by atoms with van der Waals surface area (Å²) >= 11 is 0. The molecule has 2 rings (SSSR count). The molecule has 1 aliphatic heterocycles. The average molecular weight is 332 g/mol. The predicted octanol–water partition coefficient (Wildman–Crippen LogP) is 1.56. The number of urea groups is 1. The van der Waals surface area contributed by atoms with E-state index in [0.717, 1.165) is 38.0 Å². The molecule has 24 heavy (non-hydrogen) atoms. The standard InChI is InChI=1S/C18H28N4O2/c1-21(2)14-16-7-5-15(6-8-16)13-20-18(24)19-10-9-17(23)22-11-3-4-12-22/h5-8H,3-4,9-14H2,1-2H3,(H2,19,20,24). The van der Waals surface area contributed by atoms with Gasteiger partial charge in [0.25, 0.3) is 0 Å². The number of likely N-dealkylation sites (tertiary alicyclic amines) is 1. The topological polar surface area (TPSA) is 64.7 Å². The van der Waals surface area contributed by atoms with Gasteiger partial charge in [0.1, 0.15) is 0 Å². The first-order valence-corrected chi connectivity index (χ1v) is 8.56. The van der Waals surface area contributed by atoms with Crippen LogP contribution < -0.4 is 10.6 Å². The first-order chi connectivity index (χ1) is 11.5. The van der Waals surface area contributed by atoms with Crippen molar-refractivity contribution < 1.29 is 9.59 Å². The Hall–Kier alpha value is -2.08. The van der Waals surface area contributed by atoms with Crippen molar-refractivity contribution in [3.63, 3.8) is 0 Å². The monoisotopic (exact) mass is 332 g/mol. The normalized spacial score (nSPS) is 14.0. The number of nitrogens with one attached hydrogen (secondary N) is 2. The van der Waals surface area contributed by atoms with Crippen molar-refractivity contribution in [1.82, 2.24) is 20.4 Å². The first kappa shape index (κ1) is 18.3. The zero-order chi connectivity index (χ0) is 17.4. The number of hydrogen-bond donors (Lipinski definition) is 2. The van der Waals surface area contributed by atoms with Crippen LogP contribution in [0.3, 0.4) is 0 Å². The maximum absolute atomic E-state index is 11.9. The van der Waals surface area contributed by atoms with Crippen molar-refractivity contribution in [2.24, 2.45) is 0 Å².